The summed E-state index contributed by atoms with van der Waals surface area (Å²) >= 11 is 0. The van der Waals surface area contributed by atoms with E-state index in [9.17, 15) is 19.5 Å². The van der Waals surface area contributed by atoms with Crippen LogP contribution in [0.25, 0.3) is 0 Å². The Morgan fingerprint density at radius 1 is 0.737 bits per heavy atom. The van der Waals surface area contributed by atoms with Gasteiger partial charge in [0, 0.05) is 17.8 Å². The second kappa shape index (κ2) is 12.7. The van der Waals surface area contributed by atoms with Crippen molar-refractivity contribution in [2.24, 2.45) is 0 Å². The van der Waals surface area contributed by atoms with Crippen molar-refractivity contribution in [3.05, 3.63) is 126 Å². The quantitative estimate of drug-likeness (QED) is 0.214. The minimum atomic E-state index is -0.997. The van der Waals surface area contributed by atoms with E-state index in [0.717, 1.165) is 5.56 Å². The number of carboxylic acids is 1. The molecule has 0 saturated carbocycles. The normalized spacial score (nSPS) is 11.2. The number of hydrogen-bond acceptors (Lipinski definition) is 4. The molecule has 192 valence electrons. The predicted octanol–water partition coefficient (Wildman–Crippen LogP) is 5.86. The molecule has 0 aliphatic rings. The number of benzene rings is 4. The molecule has 3 amide bonds. The topological polar surface area (TPSA) is 117 Å². The molecular weight excluding hydrogens is 482 g/mol. The van der Waals surface area contributed by atoms with Gasteiger partial charge in [-0.2, -0.15) is 0 Å². The van der Waals surface area contributed by atoms with E-state index in [0.29, 0.717) is 34.8 Å². The van der Waals surface area contributed by atoms with Gasteiger partial charge in [-0.05, 0) is 47.5 Å². The summed E-state index contributed by atoms with van der Waals surface area (Å²) in [4.78, 5) is 36.6. The summed E-state index contributed by atoms with van der Waals surface area (Å²) in [7, 11) is 0. The van der Waals surface area contributed by atoms with Gasteiger partial charge >= 0.3 is 12.0 Å². The molecule has 0 bridgehead atoms. The van der Waals surface area contributed by atoms with Gasteiger partial charge in [0.2, 0.25) is 0 Å². The zero-order chi connectivity index (χ0) is 26.7. The van der Waals surface area contributed by atoms with Crippen molar-refractivity contribution in [1.82, 2.24) is 5.32 Å². The SMILES string of the molecule is O=C(O)CC(Oc1ccccc1NC(=O)c1ccc(NC(=O)NCc2ccccc2)cc1)c1ccccc1. The third kappa shape index (κ3) is 7.44. The lowest BCUT2D eigenvalue weighted by molar-refractivity contribution is -0.138. The smallest absolute Gasteiger partial charge is 0.319 e. The third-order valence-electron chi connectivity index (χ3n) is 5.64. The molecule has 4 aromatic carbocycles. The summed E-state index contributed by atoms with van der Waals surface area (Å²) in [5, 5.41) is 17.7. The van der Waals surface area contributed by atoms with Crippen LogP contribution in [0.5, 0.6) is 5.75 Å². The number of urea groups is 1. The van der Waals surface area contributed by atoms with E-state index in [1.54, 1.807) is 60.7 Å². The van der Waals surface area contributed by atoms with Gasteiger partial charge in [-0.3, -0.25) is 9.59 Å². The molecule has 0 aliphatic carbocycles. The fourth-order valence-corrected chi connectivity index (χ4v) is 3.73. The third-order valence-corrected chi connectivity index (χ3v) is 5.64. The maximum Gasteiger partial charge on any atom is 0.319 e. The van der Waals surface area contributed by atoms with E-state index in [-0.39, 0.29) is 18.4 Å². The number of carboxylic acid groups (broad SMARTS) is 1. The van der Waals surface area contributed by atoms with Crippen LogP contribution in [0.3, 0.4) is 0 Å². The number of carbonyl (C=O) groups excluding carboxylic acids is 2. The summed E-state index contributed by atoms with van der Waals surface area (Å²) in [6, 6.07) is 31.6. The number of amides is 3. The van der Waals surface area contributed by atoms with E-state index in [2.05, 4.69) is 16.0 Å². The molecule has 0 aliphatic heterocycles. The Balaban J connectivity index is 1.38. The Morgan fingerprint density at radius 2 is 1.37 bits per heavy atom. The fourth-order valence-electron chi connectivity index (χ4n) is 3.73. The Hall–Kier alpha value is -5.11. The summed E-state index contributed by atoms with van der Waals surface area (Å²) < 4.78 is 6.05. The van der Waals surface area contributed by atoms with Crippen LogP contribution in [-0.2, 0) is 11.3 Å². The average molecular weight is 510 g/mol. The van der Waals surface area contributed by atoms with Crippen LogP contribution in [0.15, 0.2) is 109 Å². The van der Waals surface area contributed by atoms with E-state index in [1.165, 1.54) is 0 Å². The summed E-state index contributed by atoms with van der Waals surface area (Å²) in [5.41, 5.74) is 3.02. The maximum atomic E-state index is 12.9. The minimum Gasteiger partial charge on any atom is -0.483 e. The highest BCUT2D eigenvalue weighted by Crippen LogP contribution is 2.31. The highest BCUT2D eigenvalue weighted by molar-refractivity contribution is 6.05. The van der Waals surface area contributed by atoms with Crippen molar-refractivity contribution < 1.29 is 24.2 Å². The van der Waals surface area contributed by atoms with E-state index in [1.807, 2.05) is 48.5 Å². The standard InChI is InChI=1S/C30H27N3O5/c34-28(35)19-27(22-11-5-2-6-12-22)38-26-14-8-7-13-25(26)33-29(36)23-15-17-24(18-16-23)32-30(37)31-20-21-9-3-1-4-10-21/h1-18,27H,19-20H2,(H,33,36)(H,34,35)(H2,31,32,37). The molecule has 1 unspecified atom stereocenters. The number of aliphatic carboxylic acids is 1. The molecule has 8 heteroatoms. The van der Waals surface area contributed by atoms with Crippen molar-refractivity contribution in [2.75, 3.05) is 10.6 Å². The van der Waals surface area contributed by atoms with Gasteiger partial charge in [-0.25, -0.2) is 4.79 Å². The van der Waals surface area contributed by atoms with Crippen molar-refractivity contribution in [1.29, 1.82) is 0 Å². The zero-order valence-electron chi connectivity index (χ0n) is 20.5. The van der Waals surface area contributed by atoms with Gasteiger partial charge in [-0.15, -0.1) is 0 Å². The first-order valence-electron chi connectivity index (χ1n) is 12.0. The number of anilines is 2. The van der Waals surface area contributed by atoms with Crippen LogP contribution in [0.2, 0.25) is 0 Å². The van der Waals surface area contributed by atoms with Crippen LogP contribution < -0.4 is 20.7 Å². The highest BCUT2D eigenvalue weighted by Gasteiger charge is 2.19. The van der Waals surface area contributed by atoms with Crippen molar-refractivity contribution in [2.45, 2.75) is 19.1 Å². The second-order valence-electron chi connectivity index (χ2n) is 8.44. The average Bonchev–Trinajstić information content (AvgIpc) is 2.94. The van der Waals surface area contributed by atoms with Crippen molar-refractivity contribution >= 4 is 29.3 Å². The van der Waals surface area contributed by atoms with Gasteiger partial charge < -0.3 is 25.8 Å². The lowest BCUT2D eigenvalue weighted by Crippen LogP contribution is -2.28. The number of nitrogens with one attached hydrogen (secondary N) is 3. The van der Waals surface area contributed by atoms with Crippen molar-refractivity contribution in [3.63, 3.8) is 0 Å². The largest absolute Gasteiger partial charge is 0.483 e. The van der Waals surface area contributed by atoms with Gasteiger partial charge in [0.15, 0.2) is 0 Å². The van der Waals surface area contributed by atoms with Crippen LogP contribution >= 0.6 is 0 Å². The first kappa shape index (κ1) is 26.0. The molecule has 4 N–H and O–H groups in total. The number of carbonyl (C=O) groups is 3. The van der Waals surface area contributed by atoms with E-state index in [4.69, 9.17) is 4.74 Å². The molecular formula is C30H27N3O5. The predicted molar refractivity (Wildman–Crippen MR) is 145 cm³/mol. The fraction of sp³-hybridized carbons (Fsp3) is 0.100. The monoisotopic (exact) mass is 509 g/mol. The molecule has 1 atom stereocenters. The molecule has 38 heavy (non-hydrogen) atoms. The molecule has 0 fully saturated rings. The molecule has 0 spiro atoms. The van der Waals surface area contributed by atoms with E-state index >= 15 is 0 Å². The van der Waals surface area contributed by atoms with Gasteiger partial charge in [0.1, 0.15) is 11.9 Å². The molecule has 0 aromatic heterocycles. The Kier molecular flexibility index (Phi) is 8.70. The first-order valence-corrected chi connectivity index (χ1v) is 12.0. The molecule has 8 nitrogen and oxygen atoms in total. The van der Waals surface area contributed by atoms with Gasteiger partial charge in [0.25, 0.3) is 5.91 Å². The number of rotatable bonds is 10. The van der Waals surface area contributed by atoms with E-state index < -0.39 is 12.1 Å². The first-order chi connectivity index (χ1) is 18.5. The number of ether oxygens (including phenoxy) is 1. The Morgan fingerprint density at radius 3 is 2.05 bits per heavy atom. The van der Waals surface area contributed by atoms with Crippen molar-refractivity contribution in [3.8, 4) is 5.75 Å². The van der Waals surface area contributed by atoms with Crippen LogP contribution in [0.4, 0.5) is 16.2 Å². The van der Waals surface area contributed by atoms with Gasteiger partial charge in [-0.1, -0.05) is 72.8 Å². The zero-order valence-corrected chi connectivity index (χ0v) is 20.5. The van der Waals surface area contributed by atoms with Crippen LogP contribution in [-0.4, -0.2) is 23.0 Å². The summed E-state index contributed by atoms with van der Waals surface area (Å²) in [5.74, 6) is -1.03. The number of para-hydroxylation sites is 2. The molecule has 0 saturated heterocycles. The highest BCUT2D eigenvalue weighted by atomic mass is 16.5. The van der Waals surface area contributed by atoms with Crippen LogP contribution in [0, 0.1) is 0 Å². The number of hydrogen-bond donors (Lipinski definition) is 4. The van der Waals surface area contributed by atoms with Crippen LogP contribution in [0.1, 0.15) is 34.0 Å². The second-order valence-corrected chi connectivity index (χ2v) is 8.44. The lowest BCUT2D eigenvalue weighted by Gasteiger charge is -2.20. The Labute approximate surface area is 220 Å². The summed E-state index contributed by atoms with van der Waals surface area (Å²) in [6.07, 6.45) is -0.968. The maximum absolute atomic E-state index is 12.9. The Bertz CT molecular complexity index is 1380. The summed E-state index contributed by atoms with van der Waals surface area (Å²) in [6.45, 7) is 0.395. The molecule has 0 radical (unpaired) electrons. The van der Waals surface area contributed by atoms with Gasteiger partial charge in [0.05, 0.1) is 12.1 Å². The molecule has 4 aromatic rings. The minimum absolute atomic E-state index is 0.236. The molecule has 4 rings (SSSR count). The lowest BCUT2D eigenvalue weighted by atomic mass is 10.1. The molecule has 0 heterocycles.